The van der Waals surface area contributed by atoms with Gasteiger partial charge >= 0.3 is 0 Å². The third-order valence-corrected chi connectivity index (χ3v) is 4.11. The van der Waals surface area contributed by atoms with E-state index in [0.717, 1.165) is 39.0 Å². The first-order valence-corrected chi connectivity index (χ1v) is 7.58. The molecule has 16 heavy (non-hydrogen) atoms. The molecule has 1 saturated heterocycles. The Morgan fingerprint density at radius 3 is 2.56 bits per heavy atom. The van der Waals surface area contributed by atoms with E-state index in [9.17, 15) is 8.42 Å². The summed E-state index contributed by atoms with van der Waals surface area (Å²) in [5, 5.41) is 3.41. The van der Waals surface area contributed by atoms with Crippen LogP contribution in [0, 0.1) is 0 Å². The van der Waals surface area contributed by atoms with Gasteiger partial charge in [-0.1, -0.05) is 0 Å². The van der Waals surface area contributed by atoms with Crippen molar-refractivity contribution in [1.29, 1.82) is 0 Å². The second-order valence-electron chi connectivity index (χ2n) is 3.99. The average molecular weight is 250 g/mol. The first-order chi connectivity index (χ1) is 7.64. The summed E-state index contributed by atoms with van der Waals surface area (Å²) < 4.78 is 30.0. The normalized spacial score (nSPS) is 18.8. The fourth-order valence-corrected chi connectivity index (χ4v) is 2.29. The maximum Gasteiger partial charge on any atom is 0.211 e. The molecule has 96 valence electrons. The molecule has 1 heterocycles. The van der Waals surface area contributed by atoms with E-state index in [1.807, 2.05) is 0 Å². The molecule has 0 unspecified atom stereocenters. The highest BCUT2D eigenvalue weighted by Crippen LogP contribution is 2.05. The fraction of sp³-hybridized carbons (Fsp3) is 1.00. The summed E-state index contributed by atoms with van der Waals surface area (Å²) in [6.07, 6.45) is 2.94. The van der Waals surface area contributed by atoms with Gasteiger partial charge in [-0.15, -0.1) is 0 Å². The largest absolute Gasteiger partial charge is 0.381 e. The SMILES string of the molecule is CCS(=O)(=O)NCCCNC1CCOCC1. The summed E-state index contributed by atoms with van der Waals surface area (Å²) in [7, 11) is -3.02. The first-order valence-electron chi connectivity index (χ1n) is 5.92. The van der Waals surface area contributed by atoms with Crippen molar-refractivity contribution in [2.24, 2.45) is 0 Å². The summed E-state index contributed by atoms with van der Waals surface area (Å²) in [6, 6.07) is 0.538. The molecule has 2 N–H and O–H groups in total. The quantitative estimate of drug-likeness (QED) is 0.628. The molecule has 0 bridgehead atoms. The third-order valence-electron chi connectivity index (χ3n) is 2.71. The van der Waals surface area contributed by atoms with Gasteiger partial charge in [-0.25, -0.2) is 13.1 Å². The molecule has 6 heteroatoms. The van der Waals surface area contributed by atoms with Crippen LogP contribution < -0.4 is 10.0 Å². The molecule has 0 amide bonds. The zero-order valence-electron chi connectivity index (χ0n) is 9.87. The van der Waals surface area contributed by atoms with Crippen molar-refractivity contribution in [3.63, 3.8) is 0 Å². The molecule has 0 aromatic carbocycles. The predicted molar refractivity (Wildman–Crippen MR) is 63.9 cm³/mol. The van der Waals surface area contributed by atoms with E-state index in [2.05, 4.69) is 10.0 Å². The summed E-state index contributed by atoms with van der Waals surface area (Å²) in [5.74, 6) is 0.153. The molecule has 5 nitrogen and oxygen atoms in total. The van der Waals surface area contributed by atoms with Crippen LogP contribution in [-0.2, 0) is 14.8 Å². The second-order valence-corrected chi connectivity index (χ2v) is 6.09. The summed E-state index contributed by atoms with van der Waals surface area (Å²) >= 11 is 0. The Bertz CT molecular complexity index is 274. The summed E-state index contributed by atoms with van der Waals surface area (Å²) in [5.41, 5.74) is 0. The van der Waals surface area contributed by atoms with Gasteiger partial charge in [-0.05, 0) is 32.7 Å². The van der Waals surface area contributed by atoms with Gasteiger partial charge in [0.25, 0.3) is 0 Å². The highest BCUT2D eigenvalue weighted by atomic mass is 32.2. The number of hydrogen-bond acceptors (Lipinski definition) is 4. The van der Waals surface area contributed by atoms with Crippen LogP contribution in [0.5, 0.6) is 0 Å². The first kappa shape index (κ1) is 13.9. The lowest BCUT2D eigenvalue weighted by molar-refractivity contribution is 0.0781. The molecule has 0 aromatic heterocycles. The van der Waals surface area contributed by atoms with Crippen LogP contribution in [0.3, 0.4) is 0 Å². The van der Waals surface area contributed by atoms with Gasteiger partial charge in [0.1, 0.15) is 0 Å². The van der Waals surface area contributed by atoms with Crippen molar-refractivity contribution in [2.45, 2.75) is 32.2 Å². The van der Waals surface area contributed by atoms with E-state index in [1.54, 1.807) is 6.92 Å². The molecule has 1 fully saturated rings. The standard InChI is InChI=1S/C10H22N2O3S/c1-2-16(13,14)12-7-3-6-11-10-4-8-15-9-5-10/h10-12H,2-9H2,1H3. The predicted octanol–water partition coefficient (Wildman–Crippen LogP) is 0.0844. The molecule has 0 radical (unpaired) electrons. The van der Waals surface area contributed by atoms with E-state index in [0.29, 0.717) is 12.6 Å². The van der Waals surface area contributed by atoms with E-state index < -0.39 is 10.0 Å². The Labute approximate surface area is 98.0 Å². The molecule has 0 saturated carbocycles. The van der Waals surface area contributed by atoms with Crippen molar-refractivity contribution >= 4 is 10.0 Å². The lowest BCUT2D eigenvalue weighted by atomic mass is 10.1. The van der Waals surface area contributed by atoms with Crippen molar-refractivity contribution in [2.75, 3.05) is 32.1 Å². The number of hydrogen-bond donors (Lipinski definition) is 2. The molecule has 1 aliphatic heterocycles. The maximum atomic E-state index is 11.1. The number of ether oxygens (including phenoxy) is 1. The molecular formula is C10H22N2O3S. The van der Waals surface area contributed by atoms with Crippen LogP contribution in [-0.4, -0.2) is 46.5 Å². The Hall–Kier alpha value is -0.170. The van der Waals surface area contributed by atoms with Crippen LogP contribution in [0.2, 0.25) is 0 Å². The molecule has 1 rings (SSSR count). The Kier molecular flexibility index (Phi) is 6.26. The van der Waals surface area contributed by atoms with Gasteiger partial charge in [0, 0.05) is 25.8 Å². The minimum atomic E-state index is -3.02. The molecular weight excluding hydrogens is 228 g/mol. The molecule has 0 aromatic rings. The van der Waals surface area contributed by atoms with Gasteiger partial charge in [0.05, 0.1) is 5.75 Å². The van der Waals surface area contributed by atoms with Crippen LogP contribution in [0.4, 0.5) is 0 Å². The Morgan fingerprint density at radius 2 is 1.94 bits per heavy atom. The molecule has 0 atom stereocenters. The topological polar surface area (TPSA) is 67.4 Å². The van der Waals surface area contributed by atoms with Crippen molar-refractivity contribution in [3.8, 4) is 0 Å². The lowest BCUT2D eigenvalue weighted by Gasteiger charge is -2.23. The fourth-order valence-electron chi connectivity index (χ4n) is 1.63. The van der Waals surface area contributed by atoms with E-state index in [4.69, 9.17) is 4.74 Å². The number of rotatable bonds is 7. The van der Waals surface area contributed by atoms with Crippen molar-refractivity contribution in [1.82, 2.24) is 10.0 Å². The van der Waals surface area contributed by atoms with Crippen LogP contribution in [0.25, 0.3) is 0 Å². The smallest absolute Gasteiger partial charge is 0.211 e. The molecule has 0 aliphatic carbocycles. The van der Waals surface area contributed by atoms with E-state index >= 15 is 0 Å². The van der Waals surface area contributed by atoms with Gasteiger partial charge in [0.15, 0.2) is 0 Å². The zero-order valence-corrected chi connectivity index (χ0v) is 10.7. The van der Waals surface area contributed by atoms with Gasteiger partial charge in [-0.2, -0.15) is 0 Å². The zero-order chi connectivity index (χ0) is 11.9. The monoisotopic (exact) mass is 250 g/mol. The summed E-state index contributed by atoms with van der Waals surface area (Å²) in [4.78, 5) is 0. The van der Waals surface area contributed by atoms with Crippen molar-refractivity contribution < 1.29 is 13.2 Å². The minimum Gasteiger partial charge on any atom is -0.381 e. The average Bonchev–Trinajstić information content (AvgIpc) is 2.30. The third kappa shape index (κ3) is 5.79. The second kappa shape index (κ2) is 7.21. The Balaban J connectivity index is 1.99. The van der Waals surface area contributed by atoms with Gasteiger partial charge in [-0.3, -0.25) is 0 Å². The van der Waals surface area contributed by atoms with Gasteiger partial charge in [0.2, 0.25) is 10.0 Å². The highest BCUT2D eigenvalue weighted by Gasteiger charge is 2.12. The lowest BCUT2D eigenvalue weighted by Crippen LogP contribution is -2.36. The van der Waals surface area contributed by atoms with E-state index in [-0.39, 0.29) is 5.75 Å². The highest BCUT2D eigenvalue weighted by molar-refractivity contribution is 7.89. The molecule has 1 aliphatic rings. The minimum absolute atomic E-state index is 0.153. The van der Waals surface area contributed by atoms with E-state index in [1.165, 1.54) is 0 Å². The molecule has 0 spiro atoms. The van der Waals surface area contributed by atoms with Crippen LogP contribution in [0.15, 0.2) is 0 Å². The Morgan fingerprint density at radius 1 is 1.25 bits per heavy atom. The van der Waals surface area contributed by atoms with Crippen LogP contribution in [0.1, 0.15) is 26.2 Å². The summed E-state index contributed by atoms with van der Waals surface area (Å²) in [6.45, 7) is 4.69. The maximum absolute atomic E-state index is 11.1. The van der Waals surface area contributed by atoms with Gasteiger partial charge < -0.3 is 10.1 Å². The number of nitrogens with one attached hydrogen (secondary N) is 2. The van der Waals surface area contributed by atoms with Crippen LogP contribution >= 0.6 is 0 Å². The number of sulfonamides is 1. The van der Waals surface area contributed by atoms with Crippen molar-refractivity contribution in [3.05, 3.63) is 0 Å².